The van der Waals surface area contributed by atoms with Gasteiger partial charge in [-0.2, -0.15) is 0 Å². The molecule has 4 rings (SSSR count). The first kappa shape index (κ1) is 17.8. The summed E-state index contributed by atoms with van der Waals surface area (Å²) < 4.78 is 6.54. The molecule has 0 bridgehead atoms. The second-order valence-corrected chi connectivity index (χ2v) is 7.41. The van der Waals surface area contributed by atoms with Crippen LogP contribution in [0.4, 0.5) is 5.82 Å². The van der Waals surface area contributed by atoms with Gasteiger partial charge in [0.2, 0.25) is 5.91 Å². The number of nitrogens with zero attached hydrogens (tertiary/aromatic N) is 4. The Hall–Kier alpha value is -2.58. The van der Waals surface area contributed by atoms with Crippen molar-refractivity contribution in [3.63, 3.8) is 0 Å². The average Bonchev–Trinajstić information content (AvgIpc) is 3.15. The van der Waals surface area contributed by atoms with Crippen LogP contribution in [0.5, 0.6) is 0 Å². The Morgan fingerprint density at radius 3 is 2.93 bits per heavy atom. The van der Waals surface area contributed by atoms with Gasteiger partial charge < -0.3 is 15.0 Å². The molecule has 0 aliphatic carbocycles. The molecule has 1 N–H and O–H groups in total. The zero-order valence-electron chi connectivity index (χ0n) is 15.1. The predicted molar refractivity (Wildman–Crippen MR) is 106 cm³/mol. The molecule has 3 aromatic rings. The second-order valence-electron chi connectivity index (χ2n) is 6.27. The highest BCUT2D eigenvalue weighted by atomic mass is 32.1. The van der Waals surface area contributed by atoms with Crippen molar-refractivity contribution in [2.45, 2.75) is 19.9 Å². The van der Waals surface area contributed by atoms with Crippen molar-refractivity contribution < 1.29 is 9.53 Å². The second kappa shape index (κ2) is 7.98. The van der Waals surface area contributed by atoms with Gasteiger partial charge in [0, 0.05) is 42.3 Å². The van der Waals surface area contributed by atoms with Crippen molar-refractivity contribution >= 4 is 33.3 Å². The summed E-state index contributed by atoms with van der Waals surface area (Å²) in [6.45, 7) is 5.36. The molecule has 1 aliphatic heterocycles. The molecule has 0 saturated carbocycles. The van der Waals surface area contributed by atoms with Crippen molar-refractivity contribution in [1.82, 2.24) is 20.3 Å². The van der Waals surface area contributed by atoms with Crippen molar-refractivity contribution in [2.75, 3.05) is 31.2 Å². The van der Waals surface area contributed by atoms with Crippen molar-refractivity contribution in [3.05, 3.63) is 35.5 Å². The minimum atomic E-state index is 0.0444. The number of fused-ring (bicyclic) bond motifs is 1. The van der Waals surface area contributed by atoms with E-state index in [1.807, 2.05) is 25.1 Å². The smallest absolute Gasteiger partial charge is 0.220 e. The lowest BCUT2D eigenvalue weighted by Crippen LogP contribution is -2.36. The van der Waals surface area contributed by atoms with Gasteiger partial charge in [-0.25, -0.2) is 9.97 Å². The molecular weight excluding hydrogens is 362 g/mol. The molecule has 0 aromatic carbocycles. The fourth-order valence-electron chi connectivity index (χ4n) is 2.98. The predicted octanol–water partition coefficient (Wildman–Crippen LogP) is 2.62. The first-order chi connectivity index (χ1) is 13.2. The Kier molecular flexibility index (Phi) is 5.26. The first-order valence-corrected chi connectivity index (χ1v) is 9.86. The molecule has 1 aliphatic rings. The van der Waals surface area contributed by atoms with Crippen molar-refractivity contribution in [2.24, 2.45) is 0 Å². The van der Waals surface area contributed by atoms with E-state index in [0.717, 1.165) is 39.6 Å². The van der Waals surface area contributed by atoms with E-state index in [1.165, 1.54) is 0 Å². The van der Waals surface area contributed by atoms with Gasteiger partial charge in [-0.15, -0.1) is 11.3 Å². The van der Waals surface area contributed by atoms with E-state index in [-0.39, 0.29) is 5.91 Å². The molecule has 1 fully saturated rings. The number of rotatable bonds is 5. The van der Waals surface area contributed by atoms with Gasteiger partial charge >= 0.3 is 0 Å². The van der Waals surface area contributed by atoms with E-state index in [4.69, 9.17) is 14.7 Å². The molecule has 27 heavy (non-hydrogen) atoms. The number of carbonyl (C=O) groups is 1. The molecule has 1 amide bonds. The standard InChI is InChI=1S/C19H21N5O2S/c1-2-16(25)21-12-14-10-15-17(27-14)19(24-6-8-26-9-7-24)23-18(22-15)13-4-3-5-20-11-13/h3-5,10-11H,2,6-9,12H2,1H3,(H,21,25). The van der Waals surface area contributed by atoms with Gasteiger partial charge in [0.15, 0.2) is 11.6 Å². The normalized spacial score (nSPS) is 14.5. The lowest BCUT2D eigenvalue weighted by Gasteiger charge is -2.28. The van der Waals surface area contributed by atoms with Crippen LogP contribution in [-0.2, 0) is 16.1 Å². The maximum atomic E-state index is 11.6. The Morgan fingerprint density at radius 2 is 2.19 bits per heavy atom. The average molecular weight is 383 g/mol. The molecular formula is C19H21N5O2S. The monoisotopic (exact) mass is 383 g/mol. The third kappa shape index (κ3) is 3.91. The fraction of sp³-hybridized carbons (Fsp3) is 0.368. The maximum absolute atomic E-state index is 11.6. The van der Waals surface area contributed by atoms with E-state index >= 15 is 0 Å². The van der Waals surface area contributed by atoms with Gasteiger partial charge in [0.1, 0.15) is 0 Å². The molecule has 4 heterocycles. The topological polar surface area (TPSA) is 80.2 Å². The number of pyridine rings is 1. The third-order valence-electron chi connectivity index (χ3n) is 4.42. The highest BCUT2D eigenvalue weighted by Crippen LogP contribution is 2.34. The van der Waals surface area contributed by atoms with E-state index in [1.54, 1.807) is 23.7 Å². The Balaban J connectivity index is 1.76. The molecule has 0 atom stereocenters. The SMILES string of the molecule is CCC(=O)NCc1cc2nc(-c3cccnc3)nc(N3CCOCC3)c2s1. The third-order valence-corrected chi connectivity index (χ3v) is 5.54. The largest absolute Gasteiger partial charge is 0.378 e. The van der Waals surface area contributed by atoms with Crippen LogP contribution >= 0.6 is 11.3 Å². The first-order valence-electron chi connectivity index (χ1n) is 9.05. The summed E-state index contributed by atoms with van der Waals surface area (Å²) in [7, 11) is 0. The molecule has 8 heteroatoms. The number of hydrogen-bond acceptors (Lipinski definition) is 7. The molecule has 0 unspecified atom stereocenters. The summed E-state index contributed by atoms with van der Waals surface area (Å²) in [5, 5.41) is 2.93. The number of ether oxygens (including phenoxy) is 1. The van der Waals surface area contributed by atoms with Crippen LogP contribution in [-0.4, -0.2) is 47.2 Å². The lowest BCUT2D eigenvalue weighted by atomic mass is 10.2. The highest BCUT2D eigenvalue weighted by Gasteiger charge is 2.20. The van der Waals surface area contributed by atoms with Crippen LogP contribution in [0.3, 0.4) is 0 Å². The number of anilines is 1. The Morgan fingerprint density at radius 1 is 1.33 bits per heavy atom. The number of aromatic nitrogens is 3. The van der Waals surface area contributed by atoms with E-state index in [2.05, 4.69) is 15.2 Å². The Labute approximate surface area is 161 Å². The summed E-state index contributed by atoms with van der Waals surface area (Å²) in [5.41, 5.74) is 1.79. The minimum absolute atomic E-state index is 0.0444. The Bertz CT molecular complexity index is 938. The fourth-order valence-corrected chi connectivity index (χ4v) is 4.03. The van der Waals surface area contributed by atoms with Crippen LogP contribution in [0.2, 0.25) is 0 Å². The van der Waals surface area contributed by atoms with Crippen molar-refractivity contribution in [3.8, 4) is 11.4 Å². The number of hydrogen-bond donors (Lipinski definition) is 1. The molecule has 0 spiro atoms. The van der Waals surface area contributed by atoms with E-state index < -0.39 is 0 Å². The van der Waals surface area contributed by atoms with Gasteiger partial charge in [-0.1, -0.05) is 6.92 Å². The molecule has 3 aromatic heterocycles. The van der Waals surface area contributed by atoms with Crippen LogP contribution in [0, 0.1) is 0 Å². The molecule has 140 valence electrons. The summed E-state index contributed by atoms with van der Waals surface area (Å²) in [6.07, 6.45) is 4.00. The quantitative estimate of drug-likeness (QED) is 0.730. The van der Waals surface area contributed by atoms with Gasteiger partial charge in [-0.05, 0) is 18.2 Å². The van der Waals surface area contributed by atoms with E-state index in [0.29, 0.717) is 32.0 Å². The number of amides is 1. The van der Waals surface area contributed by atoms with Crippen LogP contribution in [0.1, 0.15) is 18.2 Å². The van der Waals surface area contributed by atoms with Crippen LogP contribution in [0.25, 0.3) is 21.6 Å². The number of morpholine rings is 1. The minimum Gasteiger partial charge on any atom is -0.378 e. The summed E-state index contributed by atoms with van der Waals surface area (Å²) in [5.74, 6) is 1.64. The van der Waals surface area contributed by atoms with Crippen LogP contribution in [0.15, 0.2) is 30.6 Å². The zero-order valence-corrected chi connectivity index (χ0v) is 16.0. The maximum Gasteiger partial charge on any atom is 0.220 e. The number of carbonyl (C=O) groups excluding carboxylic acids is 1. The number of thiophene rings is 1. The summed E-state index contributed by atoms with van der Waals surface area (Å²) in [6, 6.07) is 5.89. The summed E-state index contributed by atoms with van der Waals surface area (Å²) >= 11 is 1.64. The van der Waals surface area contributed by atoms with Crippen molar-refractivity contribution in [1.29, 1.82) is 0 Å². The molecule has 1 saturated heterocycles. The summed E-state index contributed by atoms with van der Waals surface area (Å²) in [4.78, 5) is 28.7. The lowest BCUT2D eigenvalue weighted by molar-refractivity contribution is -0.120. The molecule has 0 radical (unpaired) electrons. The van der Waals surface area contributed by atoms with Gasteiger partial charge in [0.25, 0.3) is 0 Å². The van der Waals surface area contributed by atoms with Gasteiger partial charge in [-0.3, -0.25) is 9.78 Å². The van der Waals surface area contributed by atoms with Gasteiger partial charge in [0.05, 0.1) is 30.0 Å². The number of nitrogens with one attached hydrogen (secondary N) is 1. The van der Waals surface area contributed by atoms with E-state index in [9.17, 15) is 4.79 Å². The molecule has 7 nitrogen and oxygen atoms in total. The highest BCUT2D eigenvalue weighted by molar-refractivity contribution is 7.19. The zero-order chi connectivity index (χ0) is 18.6. The van der Waals surface area contributed by atoms with Crippen LogP contribution < -0.4 is 10.2 Å².